The number of aromatic nitrogens is 2. The van der Waals surface area contributed by atoms with Gasteiger partial charge in [0.15, 0.2) is 0 Å². The molecule has 1 aromatic heterocycles. The quantitative estimate of drug-likeness (QED) is 0.888. The maximum absolute atomic E-state index is 12.9. The van der Waals surface area contributed by atoms with Gasteiger partial charge in [-0.15, -0.1) is 0 Å². The zero-order valence-corrected chi connectivity index (χ0v) is 13.7. The van der Waals surface area contributed by atoms with E-state index in [0.29, 0.717) is 5.69 Å². The van der Waals surface area contributed by atoms with Gasteiger partial charge in [0.25, 0.3) is 0 Å². The van der Waals surface area contributed by atoms with E-state index in [1.54, 1.807) is 12.1 Å². The molecule has 1 aromatic carbocycles. The Morgan fingerprint density at radius 1 is 1.32 bits per heavy atom. The molecule has 0 aliphatic carbocycles. The number of hydrogen-bond acceptors (Lipinski definition) is 3. The topological polar surface area (TPSA) is 59.0 Å². The number of hydrogen-bond donors (Lipinski definition) is 2. The second-order valence-corrected chi connectivity index (χ2v) is 6.03. The highest BCUT2D eigenvalue weighted by Crippen LogP contribution is 2.30. The molecular weight excluding hydrogens is 333 g/mol. The van der Waals surface area contributed by atoms with Gasteiger partial charge in [0, 0.05) is 11.7 Å². The van der Waals surface area contributed by atoms with Crippen molar-refractivity contribution in [1.29, 1.82) is 0 Å². The molecule has 1 fully saturated rings. The Morgan fingerprint density at radius 3 is 2.68 bits per heavy atom. The van der Waals surface area contributed by atoms with E-state index in [2.05, 4.69) is 15.7 Å². The van der Waals surface area contributed by atoms with Crippen LogP contribution in [0.3, 0.4) is 0 Å². The van der Waals surface area contributed by atoms with Gasteiger partial charge in [0.05, 0.1) is 17.8 Å². The number of amides is 1. The molecule has 2 heterocycles. The van der Waals surface area contributed by atoms with E-state index in [-0.39, 0.29) is 23.6 Å². The predicted octanol–water partition coefficient (Wildman–Crippen LogP) is 3.22. The van der Waals surface area contributed by atoms with Crippen molar-refractivity contribution in [2.45, 2.75) is 32.0 Å². The van der Waals surface area contributed by atoms with Crippen LogP contribution in [0.5, 0.6) is 0 Å². The first kappa shape index (κ1) is 17.5. The second-order valence-electron chi connectivity index (χ2n) is 6.03. The molecule has 1 amide bonds. The molecule has 2 aromatic rings. The number of alkyl halides is 3. The molecule has 0 radical (unpaired) electrons. The van der Waals surface area contributed by atoms with Crippen molar-refractivity contribution < 1.29 is 18.0 Å². The molecule has 1 saturated heterocycles. The van der Waals surface area contributed by atoms with Crippen LogP contribution in [0.25, 0.3) is 5.69 Å². The van der Waals surface area contributed by atoms with Crippen LogP contribution in [-0.2, 0) is 11.0 Å². The highest BCUT2D eigenvalue weighted by Gasteiger charge is 2.35. The Balaban J connectivity index is 1.73. The zero-order chi connectivity index (χ0) is 18.0. The van der Waals surface area contributed by atoms with Gasteiger partial charge < -0.3 is 10.6 Å². The number of nitrogens with one attached hydrogen (secondary N) is 2. The number of anilines is 1. The number of rotatable bonds is 4. The Bertz CT molecular complexity index is 739. The maximum Gasteiger partial charge on any atom is 0.433 e. The minimum absolute atomic E-state index is 0.0698. The van der Waals surface area contributed by atoms with E-state index in [1.807, 2.05) is 6.92 Å². The third kappa shape index (κ3) is 3.68. The summed E-state index contributed by atoms with van der Waals surface area (Å²) in [5.74, 6) is -0.160. The van der Waals surface area contributed by atoms with Gasteiger partial charge in [0.2, 0.25) is 5.91 Å². The molecule has 3 rings (SSSR count). The Hall–Kier alpha value is -2.35. The van der Waals surface area contributed by atoms with E-state index >= 15 is 0 Å². The zero-order valence-electron chi connectivity index (χ0n) is 13.7. The number of carbonyl (C=O) groups excluding carboxylic acids is 1. The first-order chi connectivity index (χ1) is 11.9. The lowest BCUT2D eigenvalue weighted by atomic mass is 9.98. The predicted molar refractivity (Wildman–Crippen MR) is 87.4 cm³/mol. The highest BCUT2D eigenvalue weighted by atomic mass is 19.4. The number of carbonyl (C=O) groups is 1. The lowest BCUT2D eigenvalue weighted by Crippen LogP contribution is -2.33. The van der Waals surface area contributed by atoms with Crippen LogP contribution in [0.2, 0.25) is 0 Å². The summed E-state index contributed by atoms with van der Waals surface area (Å²) < 4.78 is 39.6. The monoisotopic (exact) mass is 352 g/mol. The van der Waals surface area contributed by atoms with E-state index in [4.69, 9.17) is 0 Å². The molecule has 0 spiro atoms. The standard InChI is InChI=1S/C17H19F3N4O/c1-2-14-13(7-9-21-14)16(25)23-11-3-5-12(6-4-11)24-15(8-10-22-24)17(18,19)20/h3-6,8,10,13-14,21H,2,7,9H2,1H3,(H,23,25). The molecule has 5 nitrogen and oxygen atoms in total. The fraction of sp³-hybridized carbons (Fsp3) is 0.412. The van der Waals surface area contributed by atoms with Crippen molar-refractivity contribution >= 4 is 11.6 Å². The summed E-state index contributed by atoms with van der Waals surface area (Å²) >= 11 is 0. The van der Waals surface area contributed by atoms with Crippen LogP contribution < -0.4 is 10.6 Å². The smallest absolute Gasteiger partial charge is 0.326 e. The van der Waals surface area contributed by atoms with E-state index in [0.717, 1.165) is 36.3 Å². The summed E-state index contributed by atoms with van der Waals surface area (Å²) in [5, 5.41) is 9.86. The average molecular weight is 352 g/mol. The largest absolute Gasteiger partial charge is 0.433 e. The van der Waals surface area contributed by atoms with Gasteiger partial charge in [-0.2, -0.15) is 18.3 Å². The van der Waals surface area contributed by atoms with Crippen molar-refractivity contribution in [3.8, 4) is 5.69 Å². The van der Waals surface area contributed by atoms with Crippen molar-refractivity contribution in [3.05, 3.63) is 42.2 Å². The molecule has 2 N–H and O–H groups in total. The number of nitrogens with zero attached hydrogens (tertiary/aromatic N) is 2. The molecule has 8 heteroatoms. The van der Waals surface area contributed by atoms with E-state index in [1.165, 1.54) is 12.1 Å². The lowest BCUT2D eigenvalue weighted by molar-refractivity contribution is -0.142. The van der Waals surface area contributed by atoms with Crippen molar-refractivity contribution in [2.24, 2.45) is 5.92 Å². The summed E-state index contributed by atoms with van der Waals surface area (Å²) in [6.45, 7) is 2.84. The summed E-state index contributed by atoms with van der Waals surface area (Å²) in [5.41, 5.74) is -0.00684. The normalized spacial score (nSPS) is 20.6. The minimum atomic E-state index is -4.48. The van der Waals surface area contributed by atoms with Crippen molar-refractivity contribution in [2.75, 3.05) is 11.9 Å². The third-order valence-electron chi connectivity index (χ3n) is 4.44. The Morgan fingerprint density at radius 2 is 2.04 bits per heavy atom. The second kappa shape index (κ2) is 6.87. The Kier molecular flexibility index (Phi) is 4.80. The van der Waals surface area contributed by atoms with Crippen LogP contribution in [0, 0.1) is 5.92 Å². The van der Waals surface area contributed by atoms with Gasteiger partial charge in [-0.3, -0.25) is 4.79 Å². The lowest BCUT2D eigenvalue weighted by Gasteiger charge is -2.17. The van der Waals surface area contributed by atoms with Gasteiger partial charge >= 0.3 is 6.18 Å². The third-order valence-corrected chi connectivity index (χ3v) is 4.44. The van der Waals surface area contributed by atoms with Gasteiger partial charge in [-0.25, -0.2) is 4.68 Å². The SMILES string of the molecule is CCC1NCCC1C(=O)Nc1ccc(-n2nccc2C(F)(F)F)cc1. The summed E-state index contributed by atoms with van der Waals surface area (Å²) in [7, 11) is 0. The highest BCUT2D eigenvalue weighted by molar-refractivity contribution is 5.93. The van der Waals surface area contributed by atoms with Gasteiger partial charge in [0.1, 0.15) is 5.69 Å². The van der Waals surface area contributed by atoms with Crippen molar-refractivity contribution in [1.82, 2.24) is 15.1 Å². The minimum Gasteiger partial charge on any atom is -0.326 e. The first-order valence-corrected chi connectivity index (χ1v) is 8.16. The summed E-state index contributed by atoms with van der Waals surface area (Å²) in [6, 6.07) is 7.26. The molecule has 0 saturated carbocycles. The molecule has 2 unspecified atom stereocenters. The Labute approximate surface area is 143 Å². The summed E-state index contributed by atoms with van der Waals surface area (Å²) in [6.07, 6.45) is -1.72. The fourth-order valence-electron chi connectivity index (χ4n) is 3.15. The average Bonchev–Trinajstić information content (AvgIpc) is 3.24. The molecule has 134 valence electrons. The van der Waals surface area contributed by atoms with Gasteiger partial charge in [-0.1, -0.05) is 6.92 Å². The number of benzene rings is 1. The molecule has 0 bridgehead atoms. The van der Waals surface area contributed by atoms with Crippen LogP contribution in [0.4, 0.5) is 18.9 Å². The van der Waals surface area contributed by atoms with E-state index < -0.39 is 11.9 Å². The fourth-order valence-corrected chi connectivity index (χ4v) is 3.15. The molecular formula is C17H19F3N4O. The molecule has 25 heavy (non-hydrogen) atoms. The molecule has 1 aliphatic heterocycles. The van der Waals surface area contributed by atoms with Crippen LogP contribution in [0.1, 0.15) is 25.5 Å². The van der Waals surface area contributed by atoms with Crippen molar-refractivity contribution in [3.63, 3.8) is 0 Å². The number of halogens is 3. The first-order valence-electron chi connectivity index (χ1n) is 8.16. The van der Waals surface area contributed by atoms with Gasteiger partial charge in [-0.05, 0) is 49.7 Å². The molecule has 1 aliphatic rings. The van der Waals surface area contributed by atoms with Crippen LogP contribution in [-0.4, -0.2) is 28.3 Å². The van der Waals surface area contributed by atoms with Crippen LogP contribution in [0.15, 0.2) is 36.5 Å². The van der Waals surface area contributed by atoms with Crippen LogP contribution >= 0.6 is 0 Å². The molecule has 2 atom stereocenters. The maximum atomic E-state index is 12.9. The van der Waals surface area contributed by atoms with E-state index in [9.17, 15) is 18.0 Å². The summed E-state index contributed by atoms with van der Waals surface area (Å²) in [4.78, 5) is 12.4.